The Kier molecular flexibility index (Phi) is 2.77. The molecule has 3 heteroatoms. The fraction of sp³-hybridized carbons (Fsp3) is 0.800. The summed E-state index contributed by atoms with van der Waals surface area (Å²) in [5.41, 5.74) is 1.37. The zero-order valence-electron chi connectivity index (χ0n) is 11.4. The summed E-state index contributed by atoms with van der Waals surface area (Å²) in [6.07, 6.45) is 6.66. The number of hydrogen-bond acceptors (Lipinski definition) is 3. The molecule has 0 radical (unpaired) electrons. The lowest BCUT2D eigenvalue weighted by molar-refractivity contribution is -0.144. The maximum absolute atomic E-state index is 11.8. The van der Waals surface area contributed by atoms with Crippen molar-refractivity contribution in [3.8, 4) is 0 Å². The normalized spacial score (nSPS) is 50.6. The van der Waals surface area contributed by atoms with Crippen molar-refractivity contribution in [3.63, 3.8) is 0 Å². The van der Waals surface area contributed by atoms with Gasteiger partial charge in [0.05, 0.1) is 11.5 Å². The highest BCUT2D eigenvalue weighted by Gasteiger charge is 2.61. The summed E-state index contributed by atoms with van der Waals surface area (Å²) in [5.74, 6) is 0.310. The SMILES string of the molecule is C/C1=C\CC[C@@]2(C)O[C@@H]2[C@H]2OC(=O)[C@@H](C)[C@@H]2CC1. The molecule has 0 amide bonds. The van der Waals surface area contributed by atoms with Crippen LogP contribution in [0.25, 0.3) is 0 Å². The minimum Gasteiger partial charge on any atom is -0.459 e. The van der Waals surface area contributed by atoms with Crippen molar-refractivity contribution in [3.05, 3.63) is 11.6 Å². The predicted octanol–water partition coefficient (Wildman–Crippen LogP) is 2.84. The third kappa shape index (κ3) is 1.89. The van der Waals surface area contributed by atoms with Gasteiger partial charge in [0.15, 0.2) is 0 Å². The molecule has 2 heterocycles. The quantitative estimate of drug-likeness (QED) is 0.377. The molecule has 18 heavy (non-hydrogen) atoms. The first-order valence-corrected chi connectivity index (χ1v) is 7.05. The zero-order valence-corrected chi connectivity index (χ0v) is 11.4. The maximum Gasteiger partial charge on any atom is 0.309 e. The number of esters is 1. The Hall–Kier alpha value is -0.830. The van der Waals surface area contributed by atoms with E-state index in [9.17, 15) is 4.79 Å². The Labute approximate surface area is 109 Å². The molecule has 2 fully saturated rings. The van der Waals surface area contributed by atoms with Gasteiger partial charge in [-0.15, -0.1) is 0 Å². The number of hydrogen-bond donors (Lipinski definition) is 0. The van der Waals surface area contributed by atoms with Gasteiger partial charge in [0.2, 0.25) is 0 Å². The van der Waals surface area contributed by atoms with Crippen molar-refractivity contribution < 1.29 is 14.3 Å². The molecule has 0 N–H and O–H groups in total. The Morgan fingerprint density at radius 2 is 2.22 bits per heavy atom. The van der Waals surface area contributed by atoms with Gasteiger partial charge in [-0.3, -0.25) is 4.79 Å². The summed E-state index contributed by atoms with van der Waals surface area (Å²) >= 11 is 0. The number of epoxide rings is 1. The molecule has 2 saturated heterocycles. The van der Waals surface area contributed by atoms with Crippen LogP contribution in [-0.2, 0) is 14.3 Å². The number of carbonyl (C=O) groups excluding carboxylic acids is 1. The van der Waals surface area contributed by atoms with Crippen molar-refractivity contribution in [1.29, 1.82) is 0 Å². The van der Waals surface area contributed by atoms with Crippen LogP contribution < -0.4 is 0 Å². The Morgan fingerprint density at radius 3 is 3.00 bits per heavy atom. The molecule has 0 unspecified atom stereocenters. The predicted molar refractivity (Wildman–Crippen MR) is 68.0 cm³/mol. The largest absolute Gasteiger partial charge is 0.459 e. The molecular formula is C15H22O3. The molecule has 3 aliphatic rings. The summed E-state index contributed by atoms with van der Waals surface area (Å²) in [5, 5.41) is 0. The highest BCUT2D eigenvalue weighted by molar-refractivity contribution is 5.75. The van der Waals surface area contributed by atoms with Crippen LogP contribution in [0.15, 0.2) is 11.6 Å². The first-order chi connectivity index (χ1) is 8.51. The van der Waals surface area contributed by atoms with E-state index in [1.54, 1.807) is 0 Å². The van der Waals surface area contributed by atoms with Gasteiger partial charge in [-0.1, -0.05) is 18.6 Å². The van der Waals surface area contributed by atoms with E-state index in [1.165, 1.54) is 5.57 Å². The minimum atomic E-state index is -0.0681. The molecule has 0 saturated carbocycles. The average Bonchev–Trinajstić information content (AvgIpc) is 2.90. The Balaban J connectivity index is 1.85. The number of allylic oxidation sites excluding steroid dienone is 2. The van der Waals surface area contributed by atoms with Gasteiger partial charge in [0.1, 0.15) is 12.2 Å². The van der Waals surface area contributed by atoms with Gasteiger partial charge < -0.3 is 9.47 Å². The van der Waals surface area contributed by atoms with Crippen molar-refractivity contribution in [2.45, 2.75) is 64.3 Å². The van der Waals surface area contributed by atoms with E-state index in [2.05, 4.69) is 19.9 Å². The average molecular weight is 250 g/mol. The Morgan fingerprint density at radius 1 is 1.44 bits per heavy atom. The maximum atomic E-state index is 11.8. The molecule has 0 aromatic rings. The van der Waals surface area contributed by atoms with Crippen LogP contribution in [-0.4, -0.2) is 23.8 Å². The van der Waals surface area contributed by atoms with E-state index in [0.717, 1.165) is 25.7 Å². The Bertz CT molecular complexity index is 401. The smallest absolute Gasteiger partial charge is 0.309 e. The van der Waals surface area contributed by atoms with Crippen molar-refractivity contribution in [2.75, 3.05) is 0 Å². The topological polar surface area (TPSA) is 38.8 Å². The van der Waals surface area contributed by atoms with Gasteiger partial charge in [0.25, 0.3) is 0 Å². The van der Waals surface area contributed by atoms with Crippen LogP contribution in [0.3, 0.4) is 0 Å². The summed E-state index contributed by atoms with van der Waals surface area (Å²) in [7, 11) is 0. The van der Waals surface area contributed by atoms with Gasteiger partial charge in [-0.2, -0.15) is 0 Å². The highest BCUT2D eigenvalue weighted by Crippen LogP contribution is 2.50. The number of ether oxygens (including phenoxy) is 2. The minimum absolute atomic E-state index is 0.0107. The van der Waals surface area contributed by atoms with E-state index in [0.29, 0.717) is 5.92 Å². The van der Waals surface area contributed by atoms with Crippen molar-refractivity contribution in [2.24, 2.45) is 11.8 Å². The second kappa shape index (κ2) is 4.09. The molecule has 5 atom stereocenters. The highest BCUT2D eigenvalue weighted by atomic mass is 16.6. The van der Waals surface area contributed by atoms with E-state index in [-0.39, 0.29) is 29.7 Å². The lowest BCUT2D eigenvalue weighted by Crippen LogP contribution is -2.29. The lowest BCUT2D eigenvalue weighted by Gasteiger charge is -2.20. The van der Waals surface area contributed by atoms with Gasteiger partial charge in [-0.25, -0.2) is 0 Å². The van der Waals surface area contributed by atoms with Crippen molar-refractivity contribution in [1.82, 2.24) is 0 Å². The first-order valence-electron chi connectivity index (χ1n) is 7.05. The van der Waals surface area contributed by atoms with Crippen molar-refractivity contribution >= 4 is 5.97 Å². The van der Waals surface area contributed by atoms with Crippen LogP contribution in [0.1, 0.15) is 46.5 Å². The van der Waals surface area contributed by atoms with Crippen LogP contribution in [0.2, 0.25) is 0 Å². The zero-order chi connectivity index (χ0) is 12.9. The molecule has 2 aliphatic heterocycles. The van der Waals surface area contributed by atoms with Crippen LogP contribution in [0.5, 0.6) is 0 Å². The van der Waals surface area contributed by atoms with Crippen LogP contribution in [0, 0.1) is 11.8 Å². The first kappa shape index (κ1) is 12.2. The van der Waals surface area contributed by atoms with E-state index >= 15 is 0 Å². The van der Waals surface area contributed by atoms with E-state index in [4.69, 9.17) is 9.47 Å². The summed E-state index contributed by atoms with van der Waals surface area (Å²) in [6.45, 7) is 6.33. The van der Waals surface area contributed by atoms with Gasteiger partial charge >= 0.3 is 5.97 Å². The van der Waals surface area contributed by atoms with Crippen LogP contribution >= 0.6 is 0 Å². The molecule has 0 spiro atoms. The third-order valence-corrected chi connectivity index (χ3v) is 4.93. The molecule has 0 aromatic heterocycles. The third-order valence-electron chi connectivity index (χ3n) is 4.93. The summed E-state index contributed by atoms with van der Waals surface area (Å²) in [4.78, 5) is 11.8. The molecule has 1 aliphatic carbocycles. The van der Waals surface area contributed by atoms with Gasteiger partial charge in [-0.05, 0) is 39.5 Å². The fourth-order valence-electron chi connectivity index (χ4n) is 3.46. The second-order valence-corrected chi connectivity index (χ2v) is 6.33. The molecule has 3 rings (SSSR count). The van der Waals surface area contributed by atoms with Gasteiger partial charge in [0, 0.05) is 5.92 Å². The van der Waals surface area contributed by atoms with Crippen LogP contribution in [0.4, 0.5) is 0 Å². The molecular weight excluding hydrogens is 228 g/mol. The number of rotatable bonds is 0. The fourth-order valence-corrected chi connectivity index (χ4v) is 3.46. The van der Waals surface area contributed by atoms with E-state index < -0.39 is 0 Å². The summed E-state index contributed by atoms with van der Waals surface area (Å²) in [6, 6.07) is 0. The number of fused-ring (bicyclic) bond motifs is 3. The summed E-state index contributed by atoms with van der Waals surface area (Å²) < 4.78 is 11.5. The standard InChI is InChI=1S/C15H22O3/c1-9-5-4-8-15(3)13(18-15)12-11(7-6-9)10(2)14(16)17-12/h5,10-13H,4,6-8H2,1-3H3/b9-5+/t10-,11-,12-,13+,15+/m0/s1. The number of carbonyl (C=O) groups is 1. The molecule has 0 bridgehead atoms. The van der Waals surface area contributed by atoms with E-state index in [1.807, 2.05) is 6.92 Å². The monoisotopic (exact) mass is 250 g/mol. The molecule has 100 valence electrons. The molecule has 0 aromatic carbocycles. The molecule has 3 nitrogen and oxygen atoms in total. The second-order valence-electron chi connectivity index (χ2n) is 6.33. The lowest BCUT2D eigenvalue weighted by atomic mass is 9.81.